The minimum atomic E-state index is -0.816. The lowest BCUT2D eigenvalue weighted by atomic mass is 9.87. The number of aliphatic carboxylic acids is 1. The zero-order valence-electron chi connectivity index (χ0n) is 9.33. The maximum absolute atomic E-state index is 10.8. The minimum absolute atomic E-state index is 0.0246. The van der Waals surface area contributed by atoms with Gasteiger partial charge in [0.2, 0.25) is 0 Å². The third-order valence-electron chi connectivity index (χ3n) is 2.92. The molecule has 1 aromatic carbocycles. The van der Waals surface area contributed by atoms with Crippen molar-refractivity contribution in [1.82, 2.24) is 0 Å². The van der Waals surface area contributed by atoms with Crippen LogP contribution in [0, 0.1) is 0 Å². The van der Waals surface area contributed by atoms with Gasteiger partial charge in [0.05, 0.1) is 0 Å². The number of carbonyl (C=O) groups is 1. The number of hydrogen-bond donors (Lipinski definition) is 1. The first-order valence-corrected chi connectivity index (χ1v) is 5.55. The molecule has 0 bridgehead atoms. The van der Waals surface area contributed by atoms with Gasteiger partial charge in [-0.2, -0.15) is 0 Å². The van der Waals surface area contributed by atoms with Gasteiger partial charge in [0.15, 0.2) is 0 Å². The summed E-state index contributed by atoms with van der Waals surface area (Å²) in [5.41, 5.74) is 1.90. The van der Waals surface area contributed by atoms with Crippen LogP contribution < -0.4 is 4.90 Å². The van der Waals surface area contributed by atoms with Crippen molar-refractivity contribution in [3.63, 3.8) is 0 Å². The van der Waals surface area contributed by atoms with Crippen molar-refractivity contribution in [2.45, 2.75) is 19.3 Å². The zero-order valence-corrected chi connectivity index (χ0v) is 10.1. The Balaban J connectivity index is 2.47. The van der Waals surface area contributed by atoms with E-state index in [0.29, 0.717) is 6.54 Å². The molecule has 1 aliphatic heterocycles. The fraction of sp³-hybridized carbons (Fsp3) is 0.417. The number of anilines is 1. The maximum atomic E-state index is 10.8. The highest BCUT2D eigenvalue weighted by Crippen LogP contribution is 2.43. The van der Waals surface area contributed by atoms with Crippen LogP contribution in [0.2, 0.25) is 5.02 Å². The molecule has 0 aromatic heterocycles. The number of carboxylic acids is 1. The molecule has 1 aromatic rings. The van der Waals surface area contributed by atoms with Gasteiger partial charge in [-0.25, -0.2) is 0 Å². The lowest BCUT2D eigenvalue weighted by molar-refractivity contribution is -0.135. The summed E-state index contributed by atoms with van der Waals surface area (Å²) >= 11 is 6.18. The van der Waals surface area contributed by atoms with Crippen molar-refractivity contribution in [2.24, 2.45) is 0 Å². The Hall–Kier alpha value is -1.22. The molecule has 0 radical (unpaired) electrons. The first-order valence-electron chi connectivity index (χ1n) is 5.17. The topological polar surface area (TPSA) is 40.5 Å². The molecule has 0 amide bonds. The number of rotatable bonds is 2. The fourth-order valence-corrected chi connectivity index (χ4v) is 2.82. The number of halogens is 1. The number of carboxylic acid groups (broad SMARTS) is 1. The first kappa shape index (κ1) is 11.3. The molecule has 0 spiro atoms. The van der Waals surface area contributed by atoms with E-state index in [-0.39, 0.29) is 12.0 Å². The van der Waals surface area contributed by atoms with Gasteiger partial charge < -0.3 is 10.0 Å². The third-order valence-corrected chi connectivity index (χ3v) is 3.24. The number of fused-ring (bicyclic) bond motifs is 1. The summed E-state index contributed by atoms with van der Waals surface area (Å²) in [7, 11) is 0. The highest BCUT2D eigenvalue weighted by Gasteiger charge is 2.37. The summed E-state index contributed by atoms with van der Waals surface area (Å²) in [4.78, 5) is 12.7. The predicted octanol–water partition coefficient (Wildman–Crippen LogP) is 2.52. The largest absolute Gasteiger partial charge is 0.480 e. The van der Waals surface area contributed by atoms with Crippen LogP contribution in [0.4, 0.5) is 5.69 Å². The molecule has 3 nitrogen and oxygen atoms in total. The Morgan fingerprint density at radius 2 is 2.25 bits per heavy atom. The highest BCUT2D eigenvalue weighted by atomic mass is 35.5. The molecule has 0 aliphatic carbocycles. The van der Waals surface area contributed by atoms with E-state index in [0.717, 1.165) is 16.3 Å². The van der Waals surface area contributed by atoms with Crippen LogP contribution in [0.1, 0.15) is 19.4 Å². The monoisotopic (exact) mass is 239 g/mol. The summed E-state index contributed by atoms with van der Waals surface area (Å²) in [6.45, 7) is 4.88. The molecular weight excluding hydrogens is 226 g/mol. The molecule has 86 valence electrons. The lowest BCUT2D eigenvalue weighted by Crippen LogP contribution is -2.32. The van der Waals surface area contributed by atoms with Crippen molar-refractivity contribution >= 4 is 23.3 Å². The second kappa shape index (κ2) is 3.67. The van der Waals surface area contributed by atoms with E-state index >= 15 is 0 Å². The fourth-order valence-electron chi connectivity index (χ4n) is 2.39. The molecule has 4 heteroatoms. The van der Waals surface area contributed by atoms with Crippen LogP contribution in [0.5, 0.6) is 0 Å². The summed E-state index contributed by atoms with van der Waals surface area (Å²) in [6.07, 6.45) is 0. The lowest BCUT2D eigenvalue weighted by Gasteiger charge is -2.20. The SMILES string of the molecule is CC1(C)CN(CC(=O)O)c2cccc(Cl)c21. The van der Waals surface area contributed by atoms with Crippen LogP contribution in [-0.2, 0) is 10.2 Å². The van der Waals surface area contributed by atoms with Gasteiger partial charge in [0.1, 0.15) is 6.54 Å². The van der Waals surface area contributed by atoms with E-state index < -0.39 is 5.97 Å². The average Bonchev–Trinajstić information content (AvgIpc) is 2.38. The Labute approximate surface area is 99.6 Å². The van der Waals surface area contributed by atoms with Crippen molar-refractivity contribution in [3.05, 3.63) is 28.8 Å². The van der Waals surface area contributed by atoms with Crippen molar-refractivity contribution in [2.75, 3.05) is 18.0 Å². The van der Waals surface area contributed by atoms with E-state index in [1.165, 1.54) is 0 Å². The molecule has 0 fully saturated rings. The molecule has 0 saturated heterocycles. The summed E-state index contributed by atoms with van der Waals surface area (Å²) in [5.74, 6) is -0.816. The van der Waals surface area contributed by atoms with Crippen LogP contribution in [0.3, 0.4) is 0 Å². The van der Waals surface area contributed by atoms with Gasteiger partial charge in [-0.05, 0) is 12.1 Å². The van der Waals surface area contributed by atoms with Gasteiger partial charge in [-0.1, -0.05) is 31.5 Å². The Bertz CT molecular complexity index is 443. The van der Waals surface area contributed by atoms with E-state index in [1.807, 2.05) is 23.1 Å². The molecule has 16 heavy (non-hydrogen) atoms. The Kier molecular flexibility index (Phi) is 2.58. The molecule has 0 atom stereocenters. The second-order valence-electron chi connectivity index (χ2n) is 4.77. The second-order valence-corrected chi connectivity index (χ2v) is 5.17. The molecule has 0 saturated carbocycles. The standard InChI is InChI=1S/C12H14ClNO2/c1-12(2)7-14(6-10(15)16)9-5-3-4-8(13)11(9)12/h3-5H,6-7H2,1-2H3,(H,15,16). The number of nitrogens with zero attached hydrogens (tertiary/aromatic N) is 1. The molecule has 1 heterocycles. The van der Waals surface area contributed by atoms with E-state index in [4.69, 9.17) is 16.7 Å². The minimum Gasteiger partial charge on any atom is -0.480 e. The van der Waals surface area contributed by atoms with Crippen LogP contribution in [-0.4, -0.2) is 24.2 Å². The van der Waals surface area contributed by atoms with Gasteiger partial charge >= 0.3 is 5.97 Å². The maximum Gasteiger partial charge on any atom is 0.323 e. The molecule has 1 N–H and O–H groups in total. The summed E-state index contributed by atoms with van der Waals surface area (Å²) in [5, 5.41) is 9.58. The summed E-state index contributed by atoms with van der Waals surface area (Å²) in [6, 6.07) is 5.64. The highest BCUT2D eigenvalue weighted by molar-refractivity contribution is 6.32. The first-order chi connectivity index (χ1) is 7.42. The Morgan fingerprint density at radius 1 is 1.56 bits per heavy atom. The van der Waals surface area contributed by atoms with Gasteiger partial charge in [-0.3, -0.25) is 4.79 Å². The summed E-state index contributed by atoms with van der Waals surface area (Å²) < 4.78 is 0. The van der Waals surface area contributed by atoms with Crippen LogP contribution in [0.15, 0.2) is 18.2 Å². The molecule has 2 rings (SSSR count). The molecule has 0 unspecified atom stereocenters. The van der Waals surface area contributed by atoms with Crippen LogP contribution in [0.25, 0.3) is 0 Å². The quantitative estimate of drug-likeness (QED) is 0.862. The average molecular weight is 240 g/mol. The molecule has 1 aliphatic rings. The Morgan fingerprint density at radius 3 is 2.88 bits per heavy atom. The smallest absolute Gasteiger partial charge is 0.323 e. The van der Waals surface area contributed by atoms with Crippen molar-refractivity contribution in [3.8, 4) is 0 Å². The predicted molar refractivity (Wildman–Crippen MR) is 64.3 cm³/mol. The normalized spacial score (nSPS) is 17.3. The van der Waals surface area contributed by atoms with Gasteiger partial charge in [0, 0.05) is 28.2 Å². The number of benzene rings is 1. The zero-order chi connectivity index (χ0) is 11.9. The molecular formula is C12H14ClNO2. The van der Waals surface area contributed by atoms with Crippen molar-refractivity contribution in [1.29, 1.82) is 0 Å². The van der Waals surface area contributed by atoms with Crippen molar-refractivity contribution < 1.29 is 9.90 Å². The van der Waals surface area contributed by atoms with Gasteiger partial charge in [-0.15, -0.1) is 0 Å². The van der Waals surface area contributed by atoms with E-state index in [9.17, 15) is 4.79 Å². The number of hydrogen-bond acceptors (Lipinski definition) is 2. The van der Waals surface area contributed by atoms with Gasteiger partial charge in [0.25, 0.3) is 0 Å². The van der Waals surface area contributed by atoms with E-state index in [1.54, 1.807) is 0 Å². The third kappa shape index (κ3) is 1.76. The van der Waals surface area contributed by atoms with E-state index in [2.05, 4.69) is 13.8 Å². The van der Waals surface area contributed by atoms with Crippen LogP contribution >= 0.6 is 11.6 Å².